The first-order chi connectivity index (χ1) is 9.33. The molecular formula is C17H16N2. The van der Waals surface area contributed by atoms with Crippen molar-refractivity contribution in [2.75, 3.05) is 0 Å². The number of rotatable bonds is 3. The van der Waals surface area contributed by atoms with E-state index in [9.17, 15) is 0 Å². The van der Waals surface area contributed by atoms with Crippen molar-refractivity contribution in [3.8, 4) is 11.4 Å². The van der Waals surface area contributed by atoms with Crippen LogP contribution in [0.2, 0.25) is 0 Å². The van der Waals surface area contributed by atoms with Gasteiger partial charge in [-0.05, 0) is 24.5 Å². The largest absolute Gasteiger partial charge is 0.345 e. The Morgan fingerprint density at radius 3 is 2.63 bits per heavy atom. The van der Waals surface area contributed by atoms with Crippen LogP contribution in [-0.4, -0.2) is 9.97 Å². The molecule has 94 valence electrons. The maximum absolute atomic E-state index is 4.36. The van der Waals surface area contributed by atoms with E-state index in [-0.39, 0.29) is 0 Å². The molecule has 1 N–H and O–H groups in total. The van der Waals surface area contributed by atoms with Crippen LogP contribution >= 0.6 is 0 Å². The molecule has 0 saturated carbocycles. The molecule has 3 aromatic rings. The zero-order valence-electron chi connectivity index (χ0n) is 10.9. The Morgan fingerprint density at radius 2 is 1.89 bits per heavy atom. The molecule has 2 aromatic carbocycles. The summed E-state index contributed by atoms with van der Waals surface area (Å²) in [4.78, 5) is 7.55. The van der Waals surface area contributed by atoms with Crippen molar-refractivity contribution >= 4 is 0 Å². The summed E-state index contributed by atoms with van der Waals surface area (Å²) in [6.45, 7) is 2.13. The van der Waals surface area contributed by atoms with Crippen LogP contribution in [-0.2, 0) is 6.42 Å². The number of imidazole rings is 1. The summed E-state index contributed by atoms with van der Waals surface area (Å²) < 4.78 is 0. The lowest BCUT2D eigenvalue weighted by Gasteiger charge is -2.09. The summed E-state index contributed by atoms with van der Waals surface area (Å²) in [6.07, 6.45) is 4.58. The summed E-state index contributed by atoms with van der Waals surface area (Å²) in [6, 6.07) is 17.1. The lowest BCUT2D eigenvalue weighted by Crippen LogP contribution is -1.94. The average molecular weight is 248 g/mol. The normalized spacial score (nSPS) is 10.6. The highest BCUT2D eigenvalue weighted by molar-refractivity contribution is 5.61. The molecule has 0 saturated heterocycles. The van der Waals surface area contributed by atoms with Gasteiger partial charge in [-0.15, -0.1) is 0 Å². The van der Waals surface area contributed by atoms with Gasteiger partial charge in [0.2, 0.25) is 0 Å². The molecule has 1 aromatic heterocycles. The van der Waals surface area contributed by atoms with E-state index in [2.05, 4.69) is 59.4 Å². The molecule has 0 atom stereocenters. The predicted octanol–water partition coefficient (Wildman–Crippen LogP) is 3.98. The van der Waals surface area contributed by atoms with Crippen molar-refractivity contribution in [3.63, 3.8) is 0 Å². The van der Waals surface area contributed by atoms with Crippen LogP contribution in [0.15, 0.2) is 60.9 Å². The van der Waals surface area contributed by atoms with Crippen molar-refractivity contribution in [1.82, 2.24) is 9.97 Å². The molecule has 0 aliphatic rings. The van der Waals surface area contributed by atoms with Gasteiger partial charge in [-0.3, -0.25) is 0 Å². The SMILES string of the molecule is Cc1ccc(-c2ncc[nH]2)c(Cc2ccccc2)c1. The quantitative estimate of drug-likeness (QED) is 0.746. The molecule has 0 unspecified atom stereocenters. The third-order valence-corrected chi connectivity index (χ3v) is 3.25. The summed E-state index contributed by atoms with van der Waals surface area (Å²) in [5.74, 6) is 0.936. The van der Waals surface area contributed by atoms with Gasteiger partial charge in [0.1, 0.15) is 5.82 Å². The van der Waals surface area contributed by atoms with E-state index >= 15 is 0 Å². The van der Waals surface area contributed by atoms with Gasteiger partial charge < -0.3 is 4.98 Å². The van der Waals surface area contributed by atoms with Gasteiger partial charge in [0.15, 0.2) is 0 Å². The number of H-pyrrole nitrogens is 1. The van der Waals surface area contributed by atoms with Gasteiger partial charge in [-0.1, -0.05) is 54.1 Å². The van der Waals surface area contributed by atoms with Crippen LogP contribution < -0.4 is 0 Å². The van der Waals surface area contributed by atoms with Crippen molar-refractivity contribution in [2.24, 2.45) is 0 Å². The Bertz CT molecular complexity index is 655. The molecule has 1 heterocycles. The summed E-state index contributed by atoms with van der Waals surface area (Å²) >= 11 is 0. The zero-order chi connectivity index (χ0) is 13.1. The topological polar surface area (TPSA) is 28.7 Å². The first-order valence-corrected chi connectivity index (χ1v) is 6.46. The van der Waals surface area contributed by atoms with E-state index in [0.29, 0.717) is 0 Å². The van der Waals surface area contributed by atoms with Crippen molar-refractivity contribution in [3.05, 3.63) is 77.6 Å². The second-order valence-electron chi connectivity index (χ2n) is 4.76. The minimum atomic E-state index is 0.929. The Labute approximate surface area is 113 Å². The number of aryl methyl sites for hydroxylation is 1. The lowest BCUT2D eigenvalue weighted by molar-refractivity contribution is 1.16. The Kier molecular flexibility index (Phi) is 3.15. The highest BCUT2D eigenvalue weighted by atomic mass is 14.9. The smallest absolute Gasteiger partial charge is 0.137 e. The number of nitrogens with zero attached hydrogens (tertiary/aromatic N) is 1. The predicted molar refractivity (Wildman–Crippen MR) is 78.0 cm³/mol. The fraction of sp³-hybridized carbons (Fsp3) is 0.118. The van der Waals surface area contributed by atoms with E-state index in [1.807, 2.05) is 12.3 Å². The standard InChI is InChI=1S/C17H16N2/c1-13-7-8-16(17-18-9-10-19-17)15(11-13)12-14-5-3-2-4-6-14/h2-11H,12H2,1H3,(H,18,19). The minimum Gasteiger partial charge on any atom is -0.345 e. The highest BCUT2D eigenvalue weighted by Crippen LogP contribution is 2.24. The fourth-order valence-corrected chi connectivity index (χ4v) is 2.33. The second-order valence-corrected chi connectivity index (χ2v) is 4.76. The van der Waals surface area contributed by atoms with E-state index in [4.69, 9.17) is 0 Å². The molecule has 0 bridgehead atoms. The van der Waals surface area contributed by atoms with Gasteiger partial charge in [0, 0.05) is 18.0 Å². The monoisotopic (exact) mass is 248 g/mol. The third kappa shape index (κ3) is 2.58. The average Bonchev–Trinajstić information content (AvgIpc) is 2.94. The number of hydrogen-bond acceptors (Lipinski definition) is 1. The molecule has 19 heavy (non-hydrogen) atoms. The molecule has 0 spiro atoms. The molecule has 2 heteroatoms. The maximum Gasteiger partial charge on any atom is 0.137 e. The molecule has 0 aliphatic heterocycles. The fourth-order valence-electron chi connectivity index (χ4n) is 2.33. The minimum absolute atomic E-state index is 0.929. The molecule has 3 rings (SSSR count). The van der Waals surface area contributed by atoms with E-state index < -0.39 is 0 Å². The van der Waals surface area contributed by atoms with E-state index in [1.165, 1.54) is 22.3 Å². The molecule has 0 amide bonds. The zero-order valence-corrected chi connectivity index (χ0v) is 10.9. The third-order valence-electron chi connectivity index (χ3n) is 3.25. The Morgan fingerprint density at radius 1 is 1.05 bits per heavy atom. The first-order valence-electron chi connectivity index (χ1n) is 6.46. The second kappa shape index (κ2) is 5.11. The molecule has 0 fully saturated rings. The van der Waals surface area contributed by atoms with Crippen LogP contribution in [0.4, 0.5) is 0 Å². The Hall–Kier alpha value is -2.35. The maximum atomic E-state index is 4.36. The summed E-state index contributed by atoms with van der Waals surface area (Å²) in [5.41, 5.74) is 5.09. The summed E-state index contributed by atoms with van der Waals surface area (Å²) in [5, 5.41) is 0. The van der Waals surface area contributed by atoms with Gasteiger partial charge >= 0.3 is 0 Å². The first kappa shape index (κ1) is 11.7. The number of benzene rings is 2. The van der Waals surface area contributed by atoms with Crippen LogP contribution in [0.25, 0.3) is 11.4 Å². The summed E-state index contributed by atoms with van der Waals surface area (Å²) in [7, 11) is 0. The molecule has 0 radical (unpaired) electrons. The number of aromatic amines is 1. The van der Waals surface area contributed by atoms with Crippen LogP contribution in [0.5, 0.6) is 0 Å². The molecule has 0 aliphatic carbocycles. The van der Waals surface area contributed by atoms with Gasteiger partial charge in [-0.2, -0.15) is 0 Å². The molecular weight excluding hydrogens is 232 g/mol. The van der Waals surface area contributed by atoms with Gasteiger partial charge in [-0.25, -0.2) is 4.98 Å². The lowest BCUT2D eigenvalue weighted by atomic mass is 9.97. The number of hydrogen-bond donors (Lipinski definition) is 1. The Balaban J connectivity index is 2.02. The van der Waals surface area contributed by atoms with Gasteiger partial charge in [0.25, 0.3) is 0 Å². The van der Waals surface area contributed by atoms with Crippen molar-refractivity contribution in [1.29, 1.82) is 0 Å². The van der Waals surface area contributed by atoms with Crippen molar-refractivity contribution in [2.45, 2.75) is 13.3 Å². The number of aromatic nitrogens is 2. The van der Waals surface area contributed by atoms with Crippen LogP contribution in [0.1, 0.15) is 16.7 Å². The number of nitrogens with one attached hydrogen (secondary N) is 1. The van der Waals surface area contributed by atoms with E-state index in [0.717, 1.165) is 12.2 Å². The van der Waals surface area contributed by atoms with Crippen molar-refractivity contribution < 1.29 is 0 Å². The highest BCUT2D eigenvalue weighted by Gasteiger charge is 2.08. The molecule has 2 nitrogen and oxygen atoms in total. The van der Waals surface area contributed by atoms with Crippen LogP contribution in [0, 0.1) is 6.92 Å². The van der Waals surface area contributed by atoms with E-state index in [1.54, 1.807) is 6.20 Å². The van der Waals surface area contributed by atoms with Gasteiger partial charge in [0.05, 0.1) is 0 Å². The van der Waals surface area contributed by atoms with Crippen LogP contribution in [0.3, 0.4) is 0 Å².